The van der Waals surface area contributed by atoms with Crippen molar-refractivity contribution in [3.8, 4) is 0 Å². The van der Waals surface area contributed by atoms with Crippen LogP contribution in [0.5, 0.6) is 0 Å². The van der Waals surface area contributed by atoms with Gasteiger partial charge in [-0.1, -0.05) is 68.8 Å². The molecule has 6 rings (SSSR count). The van der Waals surface area contributed by atoms with Crippen molar-refractivity contribution in [3.63, 3.8) is 0 Å². The third-order valence-electron chi connectivity index (χ3n) is 9.16. The van der Waals surface area contributed by atoms with E-state index in [0.29, 0.717) is 55.4 Å². The predicted molar refractivity (Wildman–Crippen MR) is 149 cm³/mol. The molecule has 2 atom stereocenters. The van der Waals surface area contributed by atoms with Gasteiger partial charge in [0, 0.05) is 57.6 Å². The molecular weight excluding hydrogens is 482 g/mol. The van der Waals surface area contributed by atoms with E-state index < -0.39 is 10.0 Å². The molecule has 6 nitrogen and oxygen atoms in total. The maximum absolute atomic E-state index is 13.5. The fourth-order valence-electron chi connectivity index (χ4n) is 6.56. The minimum absolute atomic E-state index is 0.236. The topological polar surface area (TPSA) is 60.9 Å². The van der Waals surface area contributed by atoms with E-state index in [-0.39, 0.29) is 5.91 Å². The molecule has 0 radical (unpaired) electrons. The monoisotopic (exact) mass is 523 g/mol. The van der Waals surface area contributed by atoms with Crippen LogP contribution in [-0.4, -0.2) is 74.2 Å². The summed E-state index contributed by atoms with van der Waals surface area (Å²) in [6.07, 6.45) is 6.24. The molecule has 0 spiro atoms. The summed E-state index contributed by atoms with van der Waals surface area (Å²) >= 11 is 0. The van der Waals surface area contributed by atoms with E-state index >= 15 is 0 Å². The van der Waals surface area contributed by atoms with Crippen molar-refractivity contribution in [1.82, 2.24) is 14.1 Å². The van der Waals surface area contributed by atoms with Gasteiger partial charge in [-0.2, -0.15) is 4.31 Å². The summed E-state index contributed by atoms with van der Waals surface area (Å²) in [5.41, 5.74) is 1.80. The molecule has 0 N–H and O–H groups in total. The van der Waals surface area contributed by atoms with Gasteiger partial charge in [0.05, 0.1) is 4.90 Å². The lowest BCUT2D eigenvalue weighted by Gasteiger charge is -2.57. The number of piperazine rings is 1. The normalized spacial score (nSPS) is 23.9. The summed E-state index contributed by atoms with van der Waals surface area (Å²) in [7, 11) is -3.56. The number of benzene rings is 2. The Kier molecular flexibility index (Phi) is 7.49. The molecule has 2 fully saturated rings. The Morgan fingerprint density at radius 3 is 2.49 bits per heavy atom. The Morgan fingerprint density at radius 1 is 1.05 bits per heavy atom. The Morgan fingerprint density at radius 2 is 1.78 bits per heavy atom. The van der Waals surface area contributed by atoms with E-state index in [1.165, 1.54) is 12.0 Å². The standard InChI is InChI=1S/C30H41N3O3S/c1-4-8-29(34)32(22-24-13-14-25-21-27(24)30(25,2)3)18-15-31-16-19-33(20-17-31)37(35,36)28-12-7-10-23-9-5-6-11-26(23)28/h5-7,9-13,25,27H,4,8,14-22H2,1-3H3. The van der Waals surface area contributed by atoms with Crippen LogP contribution in [0.4, 0.5) is 0 Å². The molecule has 2 bridgehead atoms. The van der Waals surface area contributed by atoms with E-state index in [1.807, 2.05) is 36.4 Å². The number of sulfonamides is 1. The van der Waals surface area contributed by atoms with E-state index in [2.05, 4.69) is 36.6 Å². The van der Waals surface area contributed by atoms with Gasteiger partial charge in [-0.3, -0.25) is 9.69 Å². The minimum atomic E-state index is -3.56. The van der Waals surface area contributed by atoms with Gasteiger partial charge in [0.2, 0.25) is 15.9 Å². The average Bonchev–Trinajstić information content (AvgIpc) is 2.91. The second kappa shape index (κ2) is 10.5. The fraction of sp³-hybridized carbons (Fsp3) is 0.567. The van der Waals surface area contributed by atoms with Crippen molar-refractivity contribution in [1.29, 1.82) is 0 Å². The van der Waals surface area contributed by atoms with Crippen LogP contribution in [0.2, 0.25) is 0 Å². The molecule has 0 aromatic heterocycles. The van der Waals surface area contributed by atoms with Gasteiger partial charge < -0.3 is 4.90 Å². The maximum atomic E-state index is 13.5. The zero-order valence-corrected chi connectivity index (χ0v) is 23.3. The van der Waals surface area contributed by atoms with Crippen molar-refractivity contribution >= 4 is 26.7 Å². The summed E-state index contributed by atoms with van der Waals surface area (Å²) in [6, 6.07) is 13.1. The lowest BCUT2D eigenvalue weighted by molar-refractivity contribution is -0.131. The number of rotatable bonds is 9. The third kappa shape index (κ3) is 5.10. The molecule has 7 heteroatoms. The molecule has 3 aliphatic carbocycles. The summed E-state index contributed by atoms with van der Waals surface area (Å²) < 4.78 is 28.6. The van der Waals surface area contributed by atoms with Crippen molar-refractivity contribution < 1.29 is 13.2 Å². The highest BCUT2D eigenvalue weighted by molar-refractivity contribution is 7.89. The number of fused-ring (bicyclic) bond motifs is 2. The molecule has 1 heterocycles. The Balaban J connectivity index is 1.20. The van der Waals surface area contributed by atoms with E-state index in [1.54, 1.807) is 10.4 Å². The molecular formula is C30H41N3O3S. The van der Waals surface area contributed by atoms with Gasteiger partial charge in [-0.25, -0.2) is 8.42 Å². The first kappa shape index (κ1) is 26.4. The van der Waals surface area contributed by atoms with Crippen molar-refractivity contribution in [3.05, 3.63) is 54.1 Å². The molecule has 4 aliphatic rings. The largest absolute Gasteiger partial charge is 0.337 e. The SMILES string of the molecule is CCCC(=O)N(CCN1CCN(S(=O)(=O)c2cccc3ccccc23)CC1)CC1=CCC2CC1C2(C)C. The molecule has 1 aliphatic heterocycles. The lowest BCUT2D eigenvalue weighted by atomic mass is 9.49. The van der Waals surface area contributed by atoms with Gasteiger partial charge in [-0.15, -0.1) is 0 Å². The highest BCUT2D eigenvalue weighted by Crippen LogP contribution is 2.59. The van der Waals surface area contributed by atoms with Gasteiger partial charge in [0.15, 0.2) is 0 Å². The number of nitrogens with zero attached hydrogens (tertiary/aromatic N) is 3. The van der Waals surface area contributed by atoms with Crippen LogP contribution in [0.3, 0.4) is 0 Å². The van der Waals surface area contributed by atoms with Crippen LogP contribution >= 0.6 is 0 Å². The summed E-state index contributed by atoms with van der Waals surface area (Å²) in [6.45, 7) is 11.3. The Bertz CT molecular complexity index is 1270. The number of hydrogen-bond donors (Lipinski definition) is 0. The van der Waals surface area contributed by atoms with Crippen molar-refractivity contribution in [2.45, 2.75) is 51.3 Å². The first-order valence-electron chi connectivity index (χ1n) is 13.9. The molecule has 200 valence electrons. The van der Waals surface area contributed by atoms with Crippen LogP contribution < -0.4 is 0 Å². The van der Waals surface area contributed by atoms with Crippen molar-refractivity contribution in [2.75, 3.05) is 45.8 Å². The summed E-state index contributed by atoms with van der Waals surface area (Å²) in [4.78, 5) is 17.8. The van der Waals surface area contributed by atoms with Gasteiger partial charge in [-0.05, 0) is 48.0 Å². The van der Waals surface area contributed by atoms with E-state index in [9.17, 15) is 13.2 Å². The number of carbonyl (C=O) groups is 1. The van der Waals surface area contributed by atoms with Crippen LogP contribution in [0, 0.1) is 17.3 Å². The second-order valence-corrected chi connectivity index (χ2v) is 13.5. The van der Waals surface area contributed by atoms with Gasteiger partial charge >= 0.3 is 0 Å². The zero-order valence-electron chi connectivity index (χ0n) is 22.5. The summed E-state index contributed by atoms with van der Waals surface area (Å²) in [5, 5.41) is 1.71. The fourth-order valence-corrected chi connectivity index (χ4v) is 8.19. The molecule has 1 saturated heterocycles. The quantitative estimate of drug-likeness (QED) is 0.445. The van der Waals surface area contributed by atoms with E-state index in [4.69, 9.17) is 0 Å². The van der Waals surface area contributed by atoms with Crippen LogP contribution in [0.15, 0.2) is 59.0 Å². The molecule has 1 amide bonds. The van der Waals surface area contributed by atoms with Gasteiger partial charge in [0.25, 0.3) is 0 Å². The molecule has 2 aromatic carbocycles. The van der Waals surface area contributed by atoms with Gasteiger partial charge in [0.1, 0.15) is 0 Å². The Hall–Kier alpha value is -2.22. The average molecular weight is 524 g/mol. The molecule has 37 heavy (non-hydrogen) atoms. The maximum Gasteiger partial charge on any atom is 0.243 e. The second-order valence-electron chi connectivity index (χ2n) is 11.6. The highest BCUT2D eigenvalue weighted by atomic mass is 32.2. The van der Waals surface area contributed by atoms with Crippen LogP contribution in [0.25, 0.3) is 10.8 Å². The van der Waals surface area contributed by atoms with Crippen LogP contribution in [0.1, 0.15) is 46.5 Å². The van der Waals surface area contributed by atoms with Crippen LogP contribution in [-0.2, 0) is 14.8 Å². The van der Waals surface area contributed by atoms with E-state index in [0.717, 1.165) is 42.6 Å². The first-order valence-corrected chi connectivity index (χ1v) is 15.3. The smallest absolute Gasteiger partial charge is 0.243 e. The molecule has 2 unspecified atom stereocenters. The number of amides is 1. The predicted octanol–water partition coefficient (Wildman–Crippen LogP) is 4.77. The Labute approximate surface area is 222 Å². The number of hydrogen-bond acceptors (Lipinski definition) is 4. The first-order chi connectivity index (χ1) is 17.7. The molecule has 2 aromatic rings. The lowest BCUT2D eigenvalue weighted by Crippen LogP contribution is -2.52. The zero-order chi connectivity index (χ0) is 26.2. The third-order valence-corrected chi connectivity index (χ3v) is 11.1. The molecule has 1 saturated carbocycles. The minimum Gasteiger partial charge on any atom is -0.337 e. The highest BCUT2D eigenvalue weighted by Gasteiger charge is 2.51. The van der Waals surface area contributed by atoms with Crippen molar-refractivity contribution in [2.24, 2.45) is 17.3 Å². The summed E-state index contributed by atoms with van der Waals surface area (Å²) in [5.74, 6) is 1.63. The number of carbonyl (C=O) groups excluding carboxylic acids is 1. The number of allylic oxidation sites excluding steroid dienone is 1.